The third-order valence-electron chi connectivity index (χ3n) is 6.42. The number of ketones is 1. The van der Waals surface area contributed by atoms with Gasteiger partial charge in [-0.3, -0.25) is 9.59 Å². The number of rotatable bonds is 9. The smallest absolute Gasteiger partial charge is 0.295 e. The molecule has 2 aromatic carbocycles. The van der Waals surface area contributed by atoms with Gasteiger partial charge >= 0.3 is 0 Å². The van der Waals surface area contributed by atoms with Gasteiger partial charge in [0.05, 0.1) is 18.2 Å². The Morgan fingerprint density at radius 1 is 1.06 bits per heavy atom. The molecule has 2 aliphatic heterocycles. The minimum absolute atomic E-state index is 0.0402. The average molecular weight is 481 g/mol. The Hall–Kier alpha value is -3.52. The zero-order chi connectivity index (χ0) is 24.9. The fraction of sp³-hybridized carbons (Fsp3) is 0.407. The summed E-state index contributed by atoms with van der Waals surface area (Å²) in [7, 11) is 0. The molecule has 1 saturated heterocycles. The van der Waals surface area contributed by atoms with Crippen LogP contribution in [0.15, 0.2) is 48.0 Å². The molecule has 0 aromatic heterocycles. The summed E-state index contributed by atoms with van der Waals surface area (Å²) < 4.78 is 17.1. The van der Waals surface area contributed by atoms with Crippen molar-refractivity contribution in [2.45, 2.75) is 26.8 Å². The molecule has 8 heteroatoms. The van der Waals surface area contributed by atoms with E-state index in [9.17, 15) is 14.7 Å². The van der Waals surface area contributed by atoms with Gasteiger partial charge in [0, 0.05) is 24.2 Å². The van der Waals surface area contributed by atoms with Crippen molar-refractivity contribution in [1.82, 2.24) is 9.80 Å². The number of aliphatic hydroxyl groups is 1. The van der Waals surface area contributed by atoms with Crippen LogP contribution in [0.3, 0.4) is 0 Å². The predicted octanol–water partition coefficient (Wildman–Crippen LogP) is 3.62. The first kappa shape index (κ1) is 24.6. The number of carbonyl (C=O) groups excluding carboxylic acids is 2. The number of benzene rings is 2. The number of hydrogen-bond donors (Lipinski definition) is 1. The second-order valence-corrected chi connectivity index (χ2v) is 8.35. The second-order valence-electron chi connectivity index (χ2n) is 8.35. The highest BCUT2D eigenvalue weighted by molar-refractivity contribution is 6.46. The summed E-state index contributed by atoms with van der Waals surface area (Å²) in [4.78, 5) is 30.3. The molecule has 2 heterocycles. The Kier molecular flexibility index (Phi) is 7.60. The lowest BCUT2D eigenvalue weighted by Crippen LogP contribution is -2.38. The van der Waals surface area contributed by atoms with Gasteiger partial charge in [-0.1, -0.05) is 32.0 Å². The van der Waals surface area contributed by atoms with Crippen LogP contribution in [-0.2, 0) is 9.59 Å². The number of nitrogens with zero attached hydrogens (tertiary/aromatic N) is 2. The van der Waals surface area contributed by atoms with E-state index in [1.165, 1.54) is 0 Å². The lowest BCUT2D eigenvalue weighted by atomic mass is 9.94. The Morgan fingerprint density at radius 2 is 1.77 bits per heavy atom. The van der Waals surface area contributed by atoms with Crippen molar-refractivity contribution in [1.29, 1.82) is 0 Å². The molecule has 186 valence electrons. The predicted molar refractivity (Wildman–Crippen MR) is 132 cm³/mol. The van der Waals surface area contributed by atoms with Gasteiger partial charge in [-0.05, 0) is 44.3 Å². The number of Topliss-reactive ketones (excluding diaryl/α,β-unsaturated/α-hetero) is 1. The quantitative estimate of drug-likeness (QED) is 0.333. The molecule has 1 unspecified atom stereocenters. The monoisotopic (exact) mass is 480 g/mol. The van der Waals surface area contributed by atoms with Crippen LogP contribution in [-0.4, -0.2) is 72.6 Å². The first-order chi connectivity index (χ1) is 17.0. The highest BCUT2D eigenvalue weighted by atomic mass is 16.6. The van der Waals surface area contributed by atoms with Crippen LogP contribution in [0, 0.1) is 0 Å². The van der Waals surface area contributed by atoms with Gasteiger partial charge in [-0.2, -0.15) is 0 Å². The van der Waals surface area contributed by atoms with Gasteiger partial charge < -0.3 is 29.1 Å². The van der Waals surface area contributed by atoms with Crippen molar-refractivity contribution in [3.05, 3.63) is 59.2 Å². The van der Waals surface area contributed by atoms with Crippen molar-refractivity contribution in [3.8, 4) is 17.2 Å². The average Bonchev–Trinajstić information content (AvgIpc) is 3.14. The van der Waals surface area contributed by atoms with Crippen LogP contribution in [0.25, 0.3) is 5.76 Å². The molecule has 1 atom stereocenters. The molecule has 1 fully saturated rings. The van der Waals surface area contributed by atoms with E-state index in [0.717, 1.165) is 13.1 Å². The number of carbonyl (C=O) groups is 2. The molecule has 4 rings (SSSR count). The maximum absolute atomic E-state index is 13.3. The Morgan fingerprint density at radius 3 is 2.49 bits per heavy atom. The van der Waals surface area contributed by atoms with E-state index in [1.54, 1.807) is 23.1 Å². The van der Waals surface area contributed by atoms with Gasteiger partial charge in [0.1, 0.15) is 24.7 Å². The summed E-state index contributed by atoms with van der Waals surface area (Å²) >= 11 is 0. The third kappa shape index (κ3) is 4.84. The summed E-state index contributed by atoms with van der Waals surface area (Å²) in [5.41, 5.74) is 1.08. The Balaban J connectivity index is 1.82. The third-order valence-corrected chi connectivity index (χ3v) is 6.42. The largest absolute Gasteiger partial charge is 0.507 e. The van der Waals surface area contributed by atoms with E-state index >= 15 is 0 Å². The minimum Gasteiger partial charge on any atom is -0.507 e. The maximum atomic E-state index is 13.3. The van der Waals surface area contributed by atoms with Gasteiger partial charge in [0.2, 0.25) is 0 Å². The van der Waals surface area contributed by atoms with Crippen LogP contribution < -0.4 is 14.2 Å². The molecule has 0 saturated carbocycles. The minimum atomic E-state index is -0.776. The maximum Gasteiger partial charge on any atom is 0.295 e. The molecular formula is C27H32N2O6. The first-order valence-electron chi connectivity index (χ1n) is 12.1. The molecule has 1 amide bonds. The van der Waals surface area contributed by atoms with E-state index in [2.05, 4.69) is 18.7 Å². The molecular weight excluding hydrogens is 448 g/mol. The van der Waals surface area contributed by atoms with Crippen molar-refractivity contribution in [3.63, 3.8) is 0 Å². The summed E-state index contributed by atoms with van der Waals surface area (Å²) in [5.74, 6) is 0.0404. The Bertz CT molecular complexity index is 1120. The summed E-state index contributed by atoms with van der Waals surface area (Å²) in [6, 6.07) is 11.6. The number of likely N-dealkylation sites (tertiary alicyclic amines) is 1. The SMILES string of the molecule is CCOc1ccccc1C1C(=C(O)c2ccc3c(c2)OCCO3)C(=O)C(=O)N1CCN(CC)CC. The summed E-state index contributed by atoms with van der Waals surface area (Å²) in [6.07, 6.45) is 0. The van der Waals surface area contributed by atoms with E-state index in [4.69, 9.17) is 14.2 Å². The summed E-state index contributed by atoms with van der Waals surface area (Å²) in [5, 5.41) is 11.4. The second kappa shape index (κ2) is 10.8. The summed E-state index contributed by atoms with van der Waals surface area (Å²) in [6.45, 7) is 9.88. The molecule has 35 heavy (non-hydrogen) atoms. The fourth-order valence-corrected chi connectivity index (χ4v) is 4.56. The molecule has 8 nitrogen and oxygen atoms in total. The molecule has 2 aliphatic rings. The lowest BCUT2D eigenvalue weighted by Gasteiger charge is -2.29. The number of likely N-dealkylation sites (N-methyl/N-ethyl adjacent to an activating group) is 1. The van der Waals surface area contributed by atoms with Gasteiger partial charge in [0.25, 0.3) is 11.7 Å². The zero-order valence-corrected chi connectivity index (χ0v) is 20.5. The van der Waals surface area contributed by atoms with Crippen LogP contribution in [0.2, 0.25) is 0 Å². The number of fused-ring (bicyclic) bond motifs is 1. The van der Waals surface area contributed by atoms with Crippen LogP contribution in [0.1, 0.15) is 37.9 Å². The highest BCUT2D eigenvalue weighted by Gasteiger charge is 2.47. The Labute approximate surface area is 205 Å². The fourth-order valence-electron chi connectivity index (χ4n) is 4.56. The van der Waals surface area contributed by atoms with E-state index in [0.29, 0.717) is 61.3 Å². The van der Waals surface area contributed by atoms with Gasteiger partial charge in [-0.25, -0.2) is 0 Å². The number of para-hydroxylation sites is 1. The number of ether oxygens (including phenoxy) is 3. The van der Waals surface area contributed by atoms with Crippen LogP contribution in [0.4, 0.5) is 0 Å². The van der Waals surface area contributed by atoms with E-state index in [-0.39, 0.29) is 11.3 Å². The number of hydrogen-bond acceptors (Lipinski definition) is 7. The van der Waals surface area contributed by atoms with Crippen molar-refractivity contribution >= 4 is 17.4 Å². The van der Waals surface area contributed by atoms with Crippen molar-refractivity contribution in [2.24, 2.45) is 0 Å². The lowest BCUT2D eigenvalue weighted by molar-refractivity contribution is -0.140. The van der Waals surface area contributed by atoms with E-state index < -0.39 is 17.7 Å². The van der Waals surface area contributed by atoms with Crippen molar-refractivity contribution in [2.75, 3.05) is 46.0 Å². The van der Waals surface area contributed by atoms with Crippen LogP contribution >= 0.6 is 0 Å². The number of aliphatic hydroxyl groups excluding tert-OH is 1. The zero-order valence-electron chi connectivity index (χ0n) is 20.5. The van der Waals surface area contributed by atoms with Crippen molar-refractivity contribution < 1.29 is 28.9 Å². The van der Waals surface area contributed by atoms with Gasteiger partial charge in [-0.15, -0.1) is 0 Å². The topological polar surface area (TPSA) is 88.5 Å². The van der Waals surface area contributed by atoms with Crippen LogP contribution in [0.5, 0.6) is 17.2 Å². The normalized spacial score (nSPS) is 18.9. The molecule has 2 aromatic rings. The standard InChI is InChI=1S/C27H32N2O6/c1-4-28(5-2)13-14-29-24(19-9-7-8-10-20(19)33-6-3)23(26(31)27(29)32)25(30)18-11-12-21-22(17-18)35-16-15-34-21/h7-12,17,24,30H,4-6,13-16H2,1-3H3. The molecule has 0 radical (unpaired) electrons. The molecule has 0 spiro atoms. The highest BCUT2D eigenvalue weighted by Crippen LogP contribution is 2.43. The molecule has 1 N–H and O–H groups in total. The van der Waals surface area contributed by atoms with Gasteiger partial charge in [0.15, 0.2) is 11.5 Å². The first-order valence-corrected chi connectivity index (χ1v) is 12.1. The van der Waals surface area contributed by atoms with E-state index in [1.807, 2.05) is 31.2 Å². The molecule has 0 aliphatic carbocycles. The molecule has 0 bridgehead atoms. The number of amides is 1.